The standard InChI is InChI=1S/C13H25N3O4S/c1-2-16(11-3-6-21(18,19)10-11)13(17)9-15-4-5-20-12(7-14)8-15/h11-12H,2-10,14H2,1H3. The minimum Gasteiger partial charge on any atom is -0.374 e. The van der Waals surface area contributed by atoms with Gasteiger partial charge in [0.25, 0.3) is 0 Å². The van der Waals surface area contributed by atoms with E-state index in [-0.39, 0.29) is 29.6 Å². The third-order valence-corrected chi connectivity index (χ3v) is 5.91. The molecule has 2 saturated heterocycles. The zero-order chi connectivity index (χ0) is 15.5. The van der Waals surface area contributed by atoms with E-state index in [1.807, 2.05) is 11.8 Å². The molecule has 8 heteroatoms. The summed E-state index contributed by atoms with van der Waals surface area (Å²) in [7, 11) is -2.97. The van der Waals surface area contributed by atoms with Crippen LogP contribution < -0.4 is 5.73 Å². The van der Waals surface area contributed by atoms with Crippen LogP contribution in [-0.2, 0) is 19.4 Å². The molecule has 0 aromatic carbocycles. The Kier molecular flexibility index (Phi) is 5.59. The summed E-state index contributed by atoms with van der Waals surface area (Å²) in [6, 6.07) is -0.168. The summed E-state index contributed by atoms with van der Waals surface area (Å²) >= 11 is 0. The smallest absolute Gasteiger partial charge is 0.237 e. The molecule has 0 radical (unpaired) electrons. The van der Waals surface area contributed by atoms with E-state index >= 15 is 0 Å². The number of carbonyl (C=O) groups excluding carboxylic acids is 1. The Morgan fingerprint density at radius 3 is 2.81 bits per heavy atom. The summed E-state index contributed by atoms with van der Waals surface area (Å²) < 4.78 is 28.6. The maximum absolute atomic E-state index is 12.5. The average molecular weight is 319 g/mol. The lowest BCUT2D eigenvalue weighted by Gasteiger charge is -2.34. The summed E-state index contributed by atoms with van der Waals surface area (Å²) in [5.41, 5.74) is 5.60. The fourth-order valence-corrected chi connectivity index (χ4v) is 4.74. The van der Waals surface area contributed by atoms with Gasteiger partial charge in [0, 0.05) is 32.2 Å². The molecule has 1 amide bonds. The Hall–Kier alpha value is -0.700. The predicted octanol–water partition coefficient (Wildman–Crippen LogP) is -1.32. The van der Waals surface area contributed by atoms with Crippen LogP contribution in [0.2, 0.25) is 0 Å². The highest BCUT2D eigenvalue weighted by atomic mass is 32.2. The van der Waals surface area contributed by atoms with Crippen molar-refractivity contribution >= 4 is 15.7 Å². The van der Waals surface area contributed by atoms with Crippen LogP contribution in [0, 0.1) is 0 Å². The third kappa shape index (κ3) is 4.38. The molecule has 122 valence electrons. The monoisotopic (exact) mass is 319 g/mol. The van der Waals surface area contributed by atoms with Gasteiger partial charge in [-0.05, 0) is 13.3 Å². The van der Waals surface area contributed by atoms with E-state index in [0.717, 1.165) is 0 Å². The van der Waals surface area contributed by atoms with E-state index < -0.39 is 9.84 Å². The molecule has 0 aromatic heterocycles. The van der Waals surface area contributed by atoms with E-state index in [9.17, 15) is 13.2 Å². The fraction of sp³-hybridized carbons (Fsp3) is 0.923. The Labute approximate surface area is 126 Å². The minimum atomic E-state index is -2.97. The number of ether oxygens (including phenoxy) is 1. The van der Waals surface area contributed by atoms with Crippen LogP contribution in [0.1, 0.15) is 13.3 Å². The zero-order valence-corrected chi connectivity index (χ0v) is 13.3. The van der Waals surface area contributed by atoms with Gasteiger partial charge in [0.1, 0.15) is 0 Å². The normalized spacial score (nSPS) is 29.4. The van der Waals surface area contributed by atoms with Crippen molar-refractivity contribution in [1.82, 2.24) is 9.80 Å². The van der Waals surface area contributed by atoms with Gasteiger partial charge in [-0.1, -0.05) is 0 Å². The highest BCUT2D eigenvalue weighted by Crippen LogP contribution is 2.18. The SMILES string of the molecule is CCN(C(=O)CN1CCOC(CN)C1)C1CCS(=O)(=O)C1. The van der Waals surface area contributed by atoms with Gasteiger partial charge in [-0.15, -0.1) is 0 Å². The topological polar surface area (TPSA) is 92.9 Å². The molecule has 2 heterocycles. The summed E-state index contributed by atoms with van der Waals surface area (Å²) in [4.78, 5) is 16.2. The van der Waals surface area contributed by atoms with Crippen LogP contribution in [0.3, 0.4) is 0 Å². The number of hydrogen-bond acceptors (Lipinski definition) is 6. The van der Waals surface area contributed by atoms with Gasteiger partial charge in [-0.3, -0.25) is 9.69 Å². The Bertz CT molecular complexity index is 468. The number of amides is 1. The van der Waals surface area contributed by atoms with Gasteiger partial charge in [-0.2, -0.15) is 0 Å². The van der Waals surface area contributed by atoms with Crippen molar-refractivity contribution in [2.45, 2.75) is 25.5 Å². The first-order valence-corrected chi connectivity index (χ1v) is 9.31. The van der Waals surface area contributed by atoms with Crippen LogP contribution in [0.15, 0.2) is 0 Å². The van der Waals surface area contributed by atoms with Gasteiger partial charge < -0.3 is 15.4 Å². The van der Waals surface area contributed by atoms with Gasteiger partial charge in [-0.25, -0.2) is 8.42 Å². The summed E-state index contributed by atoms with van der Waals surface area (Å²) in [6.45, 7) is 5.15. The molecule has 21 heavy (non-hydrogen) atoms. The van der Waals surface area contributed by atoms with Gasteiger partial charge >= 0.3 is 0 Å². The zero-order valence-electron chi connectivity index (χ0n) is 12.5. The number of rotatable bonds is 5. The molecule has 0 saturated carbocycles. The molecular weight excluding hydrogens is 294 g/mol. The largest absolute Gasteiger partial charge is 0.374 e. The van der Waals surface area contributed by atoms with Crippen molar-refractivity contribution in [2.24, 2.45) is 5.73 Å². The van der Waals surface area contributed by atoms with Crippen molar-refractivity contribution < 1.29 is 17.9 Å². The molecule has 2 unspecified atom stereocenters. The Morgan fingerprint density at radius 1 is 1.48 bits per heavy atom. The first kappa shape index (κ1) is 16.7. The third-order valence-electron chi connectivity index (χ3n) is 4.15. The lowest BCUT2D eigenvalue weighted by Crippen LogP contribution is -2.51. The number of nitrogens with zero attached hydrogens (tertiary/aromatic N) is 2. The maximum atomic E-state index is 12.5. The number of hydrogen-bond donors (Lipinski definition) is 1. The molecule has 0 aliphatic carbocycles. The quantitative estimate of drug-likeness (QED) is 0.676. The molecule has 2 rings (SSSR count). The molecule has 2 fully saturated rings. The van der Waals surface area contributed by atoms with E-state index in [1.165, 1.54) is 0 Å². The fourth-order valence-electron chi connectivity index (χ4n) is 3.01. The van der Waals surface area contributed by atoms with Gasteiger partial charge in [0.05, 0.1) is 30.8 Å². The van der Waals surface area contributed by atoms with Crippen LogP contribution in [0.25, 0.3) is 0 Å². The second-order valence-corrected chi connectivity index (χ2v) is 7.93. The first-order chi connectivity index (χ1) is 9.95. The molecule has 2 N–H and O–H groups in total. The lowest BCUT2D eigenvalue weighted by molar-refractivity contribution is -0.135. The minimum absolute atomic E-state index is 0.00253. The van der Waals surface area contributed by atoms with Crippen molar-refractivity contribution in [3.8, 4) is 0 Å². The number of carbonyl (C=O) groups is 1. The molecular formula is C13H25N3O4S. The summed E-state index contributed by atoms with van der Waals surface area (Å²) in [5, 5.41) is 0. The van der Waals surface area contributed by atoms with Gasteiger partial charge in [0.2, 0.25) is 5.91 Å². The van der Waals surface area contributed by atoms with Crippen molar-refractivity contribution in [1.29, 1.82) is 0 Å². The van der Waals surface area contributed by atoms with Crippen LogP contribution in [-0.4, -0.2) is 87.1 Å². The molecule has 2 aliphatic rings. The average Bonchev–Trinajstić information content (AvgIpc) is 2.80. The second-order valence-electron chi connectivity index (χ2n) is 5.70. The van der Waals surface area contributed by atoms with Crippen molar-refractivity contribution in [3.63, 3.8) is 0 Å². The van der Waals surface area contributed by atoms with Gasteiger partial charge in [0.15, 0.2) is 9.84 Å². The molecule has 2 atom stereocenters. The Morgan fingerprint density at radius 2 is 2.24 bits per heavy atom. The molecule has 2 aliphatic heterocycles. The van der Waals surface area contributed by atoms with Crippen LogP contribution in [0.5, 0.6) is 0 Å². The highest BCUT2D eigenvalue weighted by molar-refractivity contribution is 7.91. The molecule has 0 bridgehead atoms. The molecule has 7 nitrogen and oxygen atoms in total. The number of nitrogens with two attached hydrogens (primary N) is 1. The van der Waals surface area contributed by atoms with Crippen molar-refractivity contribution in [3.05, 3.63) is 0 Å². The van der Waals surface area contributed by atoms with Crippen molar-refractivity contribution in [2.75, 3.05) is 50.8 Å². The molecule has 0 spiro atoms. The maximum Gasteiger partial charge on any atom is 0.237 e. The van der Waals surface area contributed by atoms with Crippen LogP contribution in [0.4, 0.5) is 0 Å². The van der Waals surface area contributed by atoms with E-state index in [0.29, 0.717) is 45.8 Å². The molecule has 0 aromatic rings. The van der Waals surface area contributed by atoms with E-state index in [4.69, 9.17) is 10.5 Å². The van der Waals surface area contributed by atoms with E-state index in [1.54, 1.807) is 4.90 Å². The highest BCUT2D eigenvalue weighted by Gasteiger charge is 2.34. The van der Waals surface area contributed by atoms with E-state index in [2.05, 4.69) is 0 Å². The first-order valence-electron chi connectivity index (χ1n) is 7.49. The lowest BCUT2D eigenvalue weighted by atomic mass is 10.2. The number of sulfone groups is 1. The second kappa shape index (κ2) is 7.04. The number of morpholine rings is 1. The van der Waals surface area contributed by atoms with Crippen LogP contribution >= 0.6 is 0 Å². The Balaban J connectivity index is 1.91. The number of likely N-dealkylation sites (N-methyl/N-ethyl adjacent to an activating group) is 1. The predicted molar refractivity (Wildman–Crippen MR) is 79.7 cm³/mol. The summed E-state index contributed by atoms with van der Waals surface area (Å²) in [5.74, 6) is 0.285. The summed E-state index contributed by atoms with van der Waals surface area (Å²) in [6.07, 6.45) is 0.532.